The van der Waals surface area contributed by atoms with Crippen LogP contribution in [0.25, 0.3) is 10.9 Å². The van der Waals surface area contributed by atoms with Crippen molar-refractivity contribution < 1.29 is 27.5 Å². The molecule has 2 amide bonds. The van der Waals surface area contributed by atoms with Crippen molar-refractivity contribution in [3.05, 3.63) is 71.5 Å². The van der Waals surface area contributed by atoms with Gasteiger partial charge >= 0.3 is 0 Å². The number of rotatable bonds is 10. The standard InChI is InChI=1S/C24H29N3O6S/c1-3-19(34(30,31)24(23(25)29)10-13-32-14-11-24)9-8-17(2)33-15-12-26-22(28)21-16-18-6-4-5-7-20(18)27-21/h3-9,16,27H,1,10-15H2,2H3,(H2,25,29)(H,26,28)/b17-8+,19-9+. The van der Waals surface area contributed by atoms with Gasteiger partial charge in [0.05, 0.1) is 17.2 Å². The second kappa shape index (κ2) is 10.7. The molecule has 1 aromatic heterocycles. The number of nitrogens with two attached hydrogens (primary N) is 1. The molecular formula is C24H29N3O6S. The van der Waals surface area contributed by atoms with E-state index in [9.17, 15) is 18.0 Å². The van der Waals surface area contributed by atoms with Crippen LogP contribution in [-0.2, 0) is 24.1 Å². The predicted molar refractivity (Wildman–Crippen MR) is 130 cm³/mol. The zero-order valence-corrected chi connectivity index (χ0v) is 19.8. The van der Waals surface area contributed by atoms with Gasteiger partial charge in [0, 0.05) is 24.1 Å². The molecule has 3 rings (SSSR count). The van der Waals surface area contributed by atoms with Crippen molar-refractivity contribution in [1.29, 1.82) is 0 Å². The van der Waals surface area contributed by atoms with Crippen LogP contribution in [0.5, 0.6) is 0 Å². The van der Waals surface area contributed by atoms with Gasteiger partial charge in [0.2, 0.25) is 5.91 Å². The van der Waals surface area contributed by atoms with Crippen LogP contribution in [0.3, 0.4) is 0 Å². The highest BCUT2D eigenvalue weighted by molar-refractivity contribution is 7.97. The summed E-state index contributed by atoms with van der Waals surface area (Å²) in [6.07, 6.45) is 3.97. The molecule has 34 heavy (non-hydrogen) atoms. The van der Waals surface area contributed by atoms with Crippen molar-refractivity contribution >= 4 is 32.6 Å². The highest BCUT2D eigenvalue weighted by Gasteiger charge is 2.51. The van der Waals surface area contributed by atoms with Gasteiger partial charge in [-0.15, -0.1) is 0 Å². The average molecular weight is 488 g/mol. The molecule has 1 aromatic carbocycles. The molecule has 4 N–H and O–H groups in total. The van der Waals surface area contributed by atoms with Crippen molar-refractivity contribution in [3.63, 3.8) is 0 Å². The molecule has 0 unspecified atom stereocenters. The third kappa shape index (κ3) is 5.23. The molecule has 0 bridgehead atoms. The maximum absolute atomic E-state index is 13.2. The molecule has 0 radical (unpaired) electrons. The molecule has 1 aliphatic heterocycles. The summed E-state index contributed by atoms with van der Waals surface area (Å²) < 4.78 is 35.5. The summed E-state index contributed by atoms with van der Waals surface area (Å²) in [6.45, 7) is 5.93. The van der Waals surface area contributed by atoms with Crippen molar-refractivity contribution in [1.82, 2.24) is 10.3 Å². The molecule has 1 aliphatic rings. The van der Waals surface area contributed by atoms with E-state index in [-0.39, 0.29) is 50.0 Å². The van der Waals surface area contributed by atoms with E-state index in [1.54, 1.807) is 13.0 Å². The number of aromatic amines is 1. The minimum absolute atomic E-state index is 0.00882. The number of carbonyl (C=O) groups is 2. The number of benzene rings is 1. The number of H-pyrrole nitrogens is 1. The zero-order valence-electron chi connectivity index (χ0n) is 19.0. The lowest BCUT2D eigenvalue weighted by Crippen LogP contribution is -2.54. The normalized spacial score (nSPS) is 16.7. The Kier molecular flexibility index (Phi) is 7.95. The fourth-order valence-electron chi connectivity index (χ4n) is 3.76. The van der Waals surface area contributed by atoms with Crippen molar-refractivity contribution in [2.75, 3.05) is 26.4 Å². The summed E-state index contributed by atoms with van der Waals surface area (Å²) in [5.74, 6) is -0.727. The van der Waals surface area contributed by atoms with Gasteiger partial charge in [-0.1, -0.05) is 30.9 Å². The molecule has 0 saturated carbocycles. The Bertz CT molecular complexity index is 1200. The highest BCUT2D eigenvalue weighted by atomic mass is 32.2. The van der Waals surface area contributed by atoms with Gasteiger partial charge in [-0.3, -0.25) is 9.59 Å². The van der Waals surface area contributed by atoms with Gasteiger partial charge in [-0.25, -0.2) is 8.42 Å². The highest BCUT2D eigenvalue weighted by Crippen LogP contribution is 2.34. The second-order valence-electron chi connectivity index (χ2n) is 7.90. The third-order valence-electron chi connectivity index (χ3n) is 5.75. The van der Waals surface area contributed by atoms with Crippen LogP contribution in [-0.4, -0.2) is 56.3 Å². The van der Waals surface area contributed by atoms with E-state index in [1.165, 1.54) is 18.2 Å². The number of fused-ring (bicyclic) bond motifs is 1. The number of primary amides is 1. The molecule has 2 heterocycles. The first kappa shape index (κ1) is 25.3. The lowest BCUT2D eigenvalue weighted by Gasteiger charge is -2.33. The van der Waals surface area contributed by atoms with Crippen LogP contribution in [0, 0.1) is 0 Å². The number of nitrogens with one attached hydrogen (secondary N) is 2. The van der Waals surface area contributed by atoms with Crippen LogP contribution < -0.4 is 11.1 Å². The van der Waals surface area contributed by atoms with E-state index in [0.29, 0.717) is 11.5 Å². The van der Waals surface area contributed by atoms with E-state index in [2.05, 4.69) is 16.9 Å². The molecular weight excluding hydrogens is 458 g/mol. The maximum atomic E-state index is 13.2. The van der Waals surface area contributed by atoms with Crippen LogP contribution in [0.1, 0.15) is 30.3 Å². The minimum Gasteiger partial charge on any atom is -0.496 e. The molecule has 1 saturated heterocycles. The first-order chi connectivity index (χ1) is 16.2. The molecule has 9 nitrogen and oxygen atoms in total. The maximum Gasteiger partial charge on any atom is 0.267 e. The van der Waals surface area contributed by atoms with Gasteiger partial charge in [-0.2, -0.15) is 0 Å². The number of amides is 2. The monoisotopic (exact) mass is 487 g/mol. The number of carbonyl (C=O) groups excluding carboxylic acids is 2. The quantitative estimate of drug-likeness (QED) is 0.267. The van der Waals surface area contributed by atoms with Crippen molar-refractivity contribution in [2.24, 2.45) is 5.73 Å². The van der Waals surface area contributed by atoms with Crippen LogP contribution in [0.4, 0.5) is 0 Å². The number of ether oxygens (including phenoxy) is 2. The molecule has 0 spiro atoms. The summed E-state index contributed by atoms with van der Waals surface area (Å²) in [5, 5.41) is 3.71. The van der Waals surface area contributed by atoms with Crippen molar-refractivity contribution in [2.45, 2.75) is 24.5 Å². The van der Waals surface area contributed by atoms with E-state index in [1.807, 2.05) is 24.3 Å². The summed E-state index contributed by atoms with van der Waals surface area (Å²) >= 11 is 0. The van der Waals surface area contributed by atoms with Crippen molar-refractivity contribution in [3.8, 4) is 0 Å². The Hall–Kier alpha value is -3.37. The number of sulfone groups is 1. The molecule has 0 atom stereocenters. The first-order valence-corrected chi connectivity index (χ1v) is 12.3. The summed E-state index contributed by atoms with van der Waals surface area (Å²) in [4.78, 5) is 27.4. The molecule has 2 aromatic rings. The van der Waals surface area contributed by atoms with Gasteiger partial charge in [-0.05, 0) is 44.1 Å². The number of allylic oxidation sites excluding steroid dienone is 4. The average Bonchev–Trinajstić information content (AvgIpc) is 3.26. The first-order valence-electron chi connectivity index (χ1n) is 10.8. The second-order valence-corrected chi connectivity index (χ2v) is 10.2. The topological polar surface area (TPSA) is 141 Å². The third-order valence-corrected chi connectivity index (χ3v) is 8.31. The Morgan fingerprint density at radius 3 is 2.62 bits per heavy atom. The minimum atomic E-state index is -4.08. The molecule has 10 heteroatoms. The van der Waals surface area contributed by atoms with E-state index >= 15 is 0 Å². The van der Waals surface area contributed by atoms with Gasteiger partial charge in [0.25, 0.3) is 5.91 Å². The number of hydrogen-bond donors (Lipinski definition) is 3. The fourth-order valence-corrected chi connectivity index (χ4v) is 5.64. The summed E-state index contributed by atoms with van der Waals surface area (Å²) in [7, 11) is -4.08. The Balaban J connectivity index is 1.59. The Labute approximate surface area is 198 Å². The number of hydrogen-bond acceptors (Lipinski definition) is 6. The molecule has 182 valence electrons. The number of para-hydroxylation sites is 1. The van der Waals surface area contributed by atoms with Gasteiger partial charge in [0.1, 0.15) is 12.3 Å². The Morgan fingerprint density at radius 1 is 1.26 bits per heavy atom. The fraction of sp³-hybridized carbons (Fsp3) is 0.333. The lowest BCUT2D eigenvalue weighted by molar-refractivity contribution is -0.122. The Morgan fingerprint density at radius 2 is 1.97 bits per heavy atom. The van der Waals surface area contributed by atoms with E-state index < -0.39 is 20.5 Å². The zero-order chi connectivity index (χ0) is 24.8. The van der Waals surface area contributed by atoms with Crippen LogP contribution >= 0.6 is 0 Å². The molecule has 0 aliphatic carbocycles. The van der Waals surface area contributed by atoms with Crippen LogP contribution in [0.2, 0.25) is 0 Å². The lowest BCUT2D eigenvalue weighted by atomic mass is 9.98. The predicted octanol–water partition coefficient (Wildman–Crippen LogP) is 2.34. The van der Waals surface area contributed by atoms with Gasteiger partial charge < -0.3 is 25.5 Å². The van der Waals surface area contributed by atoms with Gasteiger partial charge in [0.15, 0.2) is 14.6 Å². The number of aromatic nitrogens is 1. The molecule has 1 fully saturated rings. The smallest absolute Gasteiger partial charge is 0.267 e. The van der Waals surface area contributed by atoms with Crippen LogP contribution in [0.15, 0.2) is 65.8 Å². The van der Waals surface area contributed by atoms with E-state index in [4.69, 9.17) is 15.2 Å². The van der Waals surface area contributed by atoms with E-state index in [0.717, 1.165) is 10.9 Å². The summed E-state index contributed by atoms with van der Waals surface area (Å²) in [6, 6.07) is 9.37. The largest absolute Gasteiger partial charge is 0.496 e. The SMILES string of the molecule is C=C/C(=C\C=C(/C)OCCNC(=O)c1cc2ccccc2[nH]1)S(=O)(=O)C1(C(N)=O)CCOCC1. The summed E-state index contributed by atoms with van der Waals surface area (Å²) in [5.41, 5.74) is 6.82.